The van der Waals surface area contributed by atoms with Gasteiger partial charge in [0.2, 0.25) is 11.8 Å². The molecule has 2 aromatic carbocycles. The standard InChI is InChI=1S/C18H17FN2O4/c1-24-12-6-11(7-13(8-12)25-2)20-18(23)15-9-17(22)21-16-5-10(19)3-4-14(15)16/h3-8,15H,9H2,1-2H3,(H,20,23)(H,21,22). The fourth-order valence-corrected chi connectivity index (χ4v) is 2.78. The Morgan fingerprint density at radius 2 is 1.84 bits per heavy atom. The second-order valence-electron chi connectivity index (χ2n) is 5.63. The minimum absolute atomic E-state index is 0.00836. The fourth-order valence-electron chi connectivity index (χ4n) is 2.78. The molecule has 25 heavy (non-hydrogen) atoms. The first-order valence-electron chi connectivity index (χ1n) is 7.63. The van der Waals surface area contributed by atoms with Crippen LogP contribution in [0.3, 0.4) is 0 Å². The second kappa shape index (κ2) is 6.80. The van der Waals surface area contributed by atoms with Gasteiger partial charge in [-0.25, -0.2) is 4.39 Å². The van der Waals surface area contributed by atoms with Crippen molar-refractivity contribution in [1.82, 2.24) is 0 Å². The van der Waals surface area contributed by atoms with E-state index in [1.54, 1.807) is 18.2 Å². The van der Waals surface area contributed by atoms with E-state index in [4.69, 9.17) is 9.47 Å². The van der Waals surface area contributed by atoms with Crippen LogP contribution in [0.1, 0.15) is 17.9 Å². The van der Waals surface area contributed by atoms with Crippen molar-refractivity contribution in [2.75, 3.05) is 24.9 Å². The van der Waals surface area contributed by atoms with Gasteiger partial charge in [-0.2, -0.15) is 0 Å². The van der Waals surface area contributed by atoms with Crippen LogP contribution in [0.4, 0.5) is 15.8 Å². The first kappa shape index (κ1) is 16.8. The van der Waals surface area contributed by atoms with E-state index in [-0.39, 0.29) is 18.2 Å². The van der Waals surface area contributed by atoms with Crippen molar-refractivity contribution in [2.45, 2.75) is 12.3 Å². The molecular weight excluding hydrogens is 327 g/mol. The Balaban J connectivity index is 1.88. The van der Waals surface area contributed by atoms with Crippen molar-refractivity contribution < 1.29 is 23.5 Å². The SMILES string of the molecule is COc1cc(NC(=O)C2CC(=O)Nc3cc(F)ccc32)cc(OC)c1. The largest absolute Gasteiger partial charge is 0.497 e. The first-order valence-corrected chi connectivity index (χ1v) is 7.63. The molecular formula is C18H17FN2O4. The van der Waals surface area contributed by atoms with Crippen LogP contribution in [0.2, 0.25) is 0 Å². The number of benzene rings is 2. The van der Waals surface area contributed by atoms with Crippen molar-refractivity contribution in [2.24, 2.45) is 0 Å². The van der Waals surface area contributed by atoms with E-state index in [1.807, 2.05) is 0 Å². The minimum Gasteiger partial charge on any atom is -0.497 e. The number of halogens is 1. The highest BCUT2D eigenvalue weighted by Crippen LogP contribution is 2.34. The molecule has 2 aromatic rings. The first-order chi connectivity index (χ1) is 12.0. The molecule has 0 saturated carbocycles. The molecule has 7 heteroatoms. The van der Waals surface area contributed by atoms with Crippen molar-refractivity contribution in [1.29, 1.82) is 0 Å². The van der Waals surface area contributed by atoms with Crippen LogP contribution < -0.4 is 20.1 Å². The number of hydrogen-bond donors (Lipinski definition) is 2. The Hall–Kier alpha value is -3.09. The van der Waals surface area contributed by atoms with Crippen LogP contribution in [-0.2, 0) is 9.59 Å². The molecule has 6 nitrogen and oxygen atoms in total. The number of nitrogens with one attached hydrogen (secondary N) is 2. The fraction of sp³-hybridized carbons (Fsp3) is 0.222. The molecule has 0 aliphatic carbocycles. The van der Waals surface area contributed by atoms with Gasteiger partial charge in [0.05, 0.1) is 20.1 Å². The van der Waals surface area contributed by atoms with Crippen LogP contribution in [0.5, 0.6) is 11.5 Å². The summed E-state index contributed by atoms with van der Waals surface area (Å²) >= 11 is 0. The monoisotopic (exact) mass is 344 g/mol. The van der Waals surface area contributed by atoms with Gasteiger partial charge in [-0.05, 0) is 17.7 Å². The van der Waals surface area contributed by atoms with Crippen LogP contribution in [-0.4, -0.2) is 26.0 Å². The maximum Gasteiger partial charge on any atom is 0.232 e. The normalized spacial score (nSPS) is 15.8. The highest BCUT2D eigenvalue weighted by molar-refractivity contribution is 6.05. The summed E-state index contributed by atoms with van der Waals surface area (Å²) < 4.78 is 23.7. The Labute approximate surface area is 143 Å². The third kappa shape index (κ3) is 3.55. The number of ether oxygens (including phenoxy) is 2. The van der Waals surface area contributed by atoms with Gasteiger partial charge in [0.15, 0.2) is 0 Å². The van der Waals surface area contributed by atoms with Gasteiger partial charge in [0.25, 0.3) is 0 Å². The quantitative estimate of drug-likeness (QED) is 0.894. The molecule has 1 heterocycles. The van der Waals surface area contributed by atoms with E-state index in [0.29, 0.717) is 28.4 Å². The third-order valence-electron chi connectivity index (χ3n) is 3.99. The minimum atomic E-state index is -0.707. The number of fused-ring (bicyclic) bond motifs is 1. The highest BCUT2D eigenvalue weighted by Gasteiger charge is 2.31. The topological polar surface area (TPSA) is 76.7 Å². The maximum absolute atomic E-state index is 13.4. The molecule has 1 atom stereocenters. The molecule has 3 rings (SSSR count). The lowest BCUT2D eigenvalue weighted by Crippen LogP contribution is -2.30. The Morgan fingerprint density at radius 3 is 2.48 bits per heavy atom. The van der Waals surface area contributed by atoms with Crippen molar-refractivity contribution in [3.05, 3.63) is 47.8 Å². The Morgan fingerprint density at radius 1 is 1.16 bits per heavy atom. The van der Waals surface area contributed by atoms with E-state index < -0.39 is 11.7 Å². The molecule has 2 amide bonds. The van der Waals surface area contributed by atoms with Crippen LogP contribution in [0.25, 0.3) is 0 Å². The van der Waals surface area contributed by atoms with Gasteiger partial charge >= 0.3 is 0 Å². The number of carbonyl (C=O) groups excluding carboxylic acids is 2. The molecule has 0 radical (unpaired) electrons. The number of hydrogen-bond acceptors (Lipinski definition) is 4. The maximum atomic E-state index is 13.4. The lowest BCUT2D eigenvalue weighted by molar-refractivity contribution is -0.123. The lowest BCUT2D eigenvalue weighted by atomic mass is 9.89. The third-order valence-corrected chi connectivity index (χ3v) is 3.99. The molecule has 1 aliphatic heterocycles. The molecule has 1 aliphatic rings. The van der Waals surface area contributed by atoms with Gasteiger partial charge in [0.1, 0.15) is 17.3 Å². The van der Waals surface area contributed by atoms with Gasteiger partial charge in [-0.15, -0.1) is 0 Å². The Bertz CT molecular complexity index is 816. The average molecular weight is 344 g/mol. The summed E-state index contributed by atoms with van der Waals surface area (Å²) in [5.41, 5.74) is 1.38. The predicted molar refractivity (Wildman–Crippen MR) is 90.6 cm³/mol. The molecule has 0 aromatic heterocycles. The summed E-state index contributed by atoms with van der Waals surface area (Å²) in [6.07, 6.45) is -0.00836. The number of rotatable bonds is 4. The summed E-state index contributed by atoms with van der Waals surface area (Å²) in [7, 11) is 3.02. The summed E-state index contributed by atoms with van der Waals surface area (Å²) in [5.74, 6) is -0.823. The van der Waals surface area contributed by atoms with Gasteiger partial charge in [-0.1, -0.05) is 6.07 Å². The van der Waals surface area contributed by atoms with Gasteiger partial charge in [0, 0.05) is 36.0 Å². The molecule has 0 bridgehead atoms. The Kier molecular flexibility index (Phi) is 4.56. The number of carbonyl (C=O) groups is 2. The zero-order valence-corrected chi connectivity index (χ0v) is 13.8. The smallest absolute Gasteiger partial charge is 0.232 e. The zero-order valence-electron chi connectivity index (χ0n) is 13.8. The van der Waals surface area contributed by atoms with Crippen molar-refractivity contribution >= 4 is 23.2 Å². The second-order valence-corrected chi connectivity index (χ2v) is 5.63. The average Bonchev–Trinajstić information content (AvgIpc) is 2.60. The summed E-state index contributed by atoms with van der Waals surface area (Å²) in [5, 5.41) is 5.35. The number of amides is 2. The molecule has 0 spiro atoms. The summed E-state index contributed by atoms with van der Waals surface area (Å²) in [6.45, 7) is 0. The van der Waals surface area contributed by atoms with Crippen molar-refractivity contribution in [3.63, 3.8) is 0 Å². The van der Waals surface area contributed by atoms with Gasteiger partial charge < -0.3 is 20.1 Å². The van der Waals surface area contributed by atoms with Crippen molar-refractivity contribution in [3.8, 4) is 11.5 Å². The predicted octanol–water partition coefficient (Wildman–Crippen LogP) is 2.91. The van der Waals surface area contributed by atoms with E-state index in [2.05, 4.69) is 10.6 Å². The van der Waals surface area contributed by atoms with E-state index in [9.17, 15) is 14.0 Å². The lowest BCUT2D eigenvalue weighted by Gasteiger charge is -2.25. The number of anilines is 2. The highest BCUT2D eigenvalue weighted by atomic mass is 19.1. The molecule has 130 valence electrons. The summed E-state index contributed by atoms with van der Waals surface area (Å²) in [6, 6.07) is 8.97. The summed E-state index contributed by atoms with van der Waals surface area (Å²) in [4.78, 5) is 24.5. The van der Waals surface area contributed by atoms with Crippen LogP contribution in [0, 0.1) is 5.82 Å². The van der Waals surface area contributed by atoms with E-state index >= 15 is 0 Å². The molecule has 1 unspecified atom stereocenters. The molecule has 0 fully saturated rings. The number of methoxy groups -OCH3 is 2. The van der Waals surface area contributed by atoms with E-state index in [1.165, 1.54) is 32.4 Å². The van der Waals surface area contributed by atoms with Gasteiger partial charge in [-0.3, -0.25) is 9.59 Å². The molecule has 2 N–H and O–H groups in total. The zero-order chi connectivity index (χ0) is 18.0. The molecule has 0 saturated heterocycles. The van der Waals surface area contributed by atoms with E-state index in [0.717, 1.165) is 0 Å². The van der Waals surface area contributed by atoms with Crippen LogP contribution in [0.15, 0.2) is 36.4 Å². The van der Waals surface area contributed by atoms with Crippen LogP contribution >= 0.6 is 0 Å².